The van der Waals surface area contributed by atoms with Crippen molar-refractivity contribution < 1.29 is 33.1 Å². The number of hydrogen-bond donors (Lipinski definition) is 2. The van der Waals surface area contributed by atoms with E-state index >= 15 is 0 Å². The van der Waals surface area contributed by atoms with Gasteiger partial charge in [0.2, 0.25) is 6.16 Å². The molecule has 5 nitrogen and oxygen atoms in total. The number of nitrogens with zero attached hydrogens (tertiary/aromatic N) is 1. The van der Waals surface area contributed by atoms with Crippen LogP contribution in [-0.2, 0) is 6.18 Å². The van der Waals surface area contributed by atoms with Gasteiger partial charge in [-0.25, -0.2) is 0 Å². The fourth-order valence-electron chi connectivity index (χ4n) is 2.53. The SMILES string of the molecule is CC(C)N1C[NH+](C(C)C)c2ccc(C(F)(F)F)cc21.O=C([O-])O. The van der Waals surface area contributed by atoms with Crippen molar-refractivity contribution in [3.63, 3.8) is 0 Å². The topological polar surface area (TPSA) is 68.0 Å². The summed E-state index contributed by atoms with van der Waals surface area (Å²) in [6, 6.07) is 4.63. The molecule has 1 aromatic rings. The van der Waals surface area contributed by atoms with E-state index in [0.29, 0.717) is 11.7 Å². The molecule has 1 heterocycles. The molecule has 0 amide bonds. The molecule has 0 aromatic heterocycles. The Hall–Kier alpha value is -1.96. The van der Waals surface area contributed by atoms with Gasteiger partial charge in [0.25, 0.3) is 0 Å². The van der Waals surface area contributed by atoms with E-state index < -0.39 is 17.9 Å². The van der Waals surface area contributed by atoms with Gasteiger partial charge in [0, 0.05) is 12.1 Å². The largest absolute Gasteiger partial charge is 0.565 e. The molecular formula is C15H21F3N2O3. The van der Waals surface area contributed by atoms with Gasteiger partial charge in [-0.3, -0.25) is 4.90 Å². The summed E-state index contributed by atoms with van der Waals surface area (Å²) in [6.07, 6.45) is -6.36. The Morgan fingerprint density at radius 3 is 2.22 bits per heavy atom. The molecular weight excluding hydrogens is 313 g/mol. The predicted molar refractivity (Wildman–Crippen MR) is 77.7 cm³/mol. The van der Waals surface area contributed by atoms with Crippen molar-refractivity contribution in [2.24, 2.45) is 0 Å². The molecule has 0 radical (unpaired) electrons. The summed E-state index contributed by atoms with van der Waals surface area (Å²) in [5.41, 5.74) is 1.12. The Balaban J connectivity index is 0.000000593. The summed E-state index contributed by atoms with van der Waals surface area (Å²) in [6.45, 7) is 8.91. The average molecular weight is 334 g/mol. The molecule has 0 spiro atoms. The van der Waals surface area contributed by atoms with Crippen LogP contribution in [-0.4, -0.2) is 30.0 Å². The van der Waals surface area contributed by atoms with E-state index in [2.05, 4.69) is 13.8 Å². The first kappa shape index (κ1) is 19.1. The van der Waals surface area contributed by atoms with Gasteiger partial charge in [-0.1, -0.05) is 0 Å². The normalized spacial score (nSPS) is 17.1. The van der Waals surface area contributed by atoms with Crippen LogP contribution < -0.4 is 14.9 Å². The highest BCUT2D eigenvalue weighted by atomic mass is 19.4. The van der Waals surface area contributed by atoms with E-state index in [4.69, 9.17) is 15.0 Å². The summed E-state index contributed by atoms with van der Waals surface area (Å²) in [5.74, 6) is 0. The lowest BCUT2D eigenvalue weighted by Crippen LogP contribution is -3.10. The summed E-state index contributed by atoms with van der Waals surface area (Å²) in [7, 11) is 0. The Bertz CT molecular complexity index is 555. The van der Waals surface area contributed by atoms with E-state index in [1.54, 1.807) is 6.07 Å². The molecule has 1 aromatic carbocycles. The Kier molecular flexibility index (Phi) is 5.87. The van der Waals surface area contributed by atoms with Gasteiger partial charge in [-0.15, -0.1) is 0 Å². The van der Waals surface area contributed by atoms with Gasteiger partial charge in [0.15, 0.2) is 12.4 Å². The van der Waals surface area contributed by atoms with Crippen LogP contribution in [0.3, 0.4) is 0 Å². The third-order valence-electron chi connectivity index (χ3n) is 3.64. The molecule has 0 fully saturated rings. The summed E-state index contributed by atoms with van der Waals surface area (Å²) in [5, 5.41) is 15.3. The van der Waals surface area contributed by atoms with Crippen molar-refractivity contribution in [3.05, 3.63) is 23.8 Å². The van der Waals surface area contributed by atoms with Crippen LogP contribution in [0.2, 0.25) is 0 Å². The molecule has 2 N–H and O–H groups in total. The summed E-state index contributed by atoms with van der Waals surface area (Å²) < 4.78 is 38.4. The molecule has 2 rings (SSSR count). The van der Waals surface area contributed by atoms with Crippen LogP contribution in [0, 0.1) is 0 Å². The lowest BCUT2D eigenvalue weighted by Gasteiger charge is -2.23. The van der Waals surface area contributed by atoms with E-state index in [9.17, 15) is 13.2 Å². The molecule has 23 heavy (non-hydrogen) atoms. The third-order valence-corrected chi connectivity index (χ3v) is 3.64. The molecule has 1 aliphatic rings. The van der Waals surface area contributed by atoms with Gasteiger partial charge in [-0.05, 0) is 39.8 Å². The lowest BCUT2D eigenvalue weighted by atomic mass is 10.1. The highest BCUT2D eigenvalue weighted by Gasteiger charge is 2.38. The second-order valence-corrected chi connectivity index (χ2v) is 5.90. The molecule has 0 saturated carbocycles. The zero-order valence-corrected chi connectivity index (χ0v) is 13.4. The minimum atomic E-state index is -4.28. The molecule has 0 bridgehead atoms. The van der Waals surface area contributed by atoms with Crippen LogP contribution in [0.25, 0.3) is 0 Å². The van der Waals surface area contributed by atoms with E-state index in [1.807, 2.05) is 18.7 Å². The molecule has 8 heteroatoms. The number of quaternary nitrogens is 1. The maximum atomic E-state index is 12.8. The van der Waals surface area contributed by atoms with Crippen LogP contribution in [0.5, 0.6) is 0 Å². The summed E-state index contributed by atoms with van der Waals surface area (Å²) >= 11 is 0. The van der Waals surface area contributed by atoms with Gasteiger partial charge in [0.1, 0.15) is 5.69 Å². The molecule has 0 saturated heterocycles. The Morgan fingerprint density at radius 2 is 1.83 bits per heavy atom. The number of anilines is 1. The molecule has 130 valence electrons. The number of halogens is 3. The lowest BCUT2D eigenvalue weighted by molar-refractivity contribution is -0.849. The van der Waals surface area contributed by atoms with Gasteiger partial charge in [0.05, 0.1) is 11.6 Å². The van der Waals surface area contributed by atoms with Crippen molar-refractivity contribution in [2.45, 2.75) is 46.0 Å². The predicted octanol–water partition coefficient (Wildman–Crippen LogP) is 1.70. The monoisotopic (exact) mass is 334 g/mol. The first-order chi connectivity index (χ1) is 10.4. The molecule has 1 aliphatic heterocycles. The van der Waals surface area contributed by atoms with E-state index in [-0.39, 0.29) is 6.04 Å². The zero-order valence-electron chi connectivity index (χ0n) is 13.4. The molecule has 1 unspecified atom stereocenters. The number of benzene rings is 1. The van der Waals surface area contributed by atoms with Crippen molar-refractivity contribution in [2.75, 3.05) is 11.6 Å². The number of carboxylic acid groups (broad SMARTS) is 2. The molecule has 0 aliphatic carbocycles. The highest BCUT2D eigenvalue weighted by Crippen LogP contribution is 2.36. The second-order valence-electron chi connectivity index (χ2n) is 5.90. The fraction of sp³-hybridized carbons (Fsp3) is 0.533. The van der Waals surface area contributed by atoms with Gasteiger partial charge in [-0.2, -0.15) is 13.2 Å². The number of carbonyl (C=O) groups is 1. The van der Waals surface area contributed by atoms with Crippen molar-refractivity contribution in [3.8, 4) is 0 Å². The van der Waals surface area contributed by atoms with Gasteiger partial charge < -0.3 is 19.9 Å². The summed E-state index contributed by atoms with van der Waals surface area (Å²) in [4.78, 5) is 11.7. The standard InChI is InChI=1S/C14H19F3N2.CH2O3/c1-9(2)18-8-19(10(3)4)13-7-11(14(15,16)17)5-6-12(13)18;2-1(3)4/h5-7,9-10H,8H2,1-4H3;(H2,2,3,4). The minimum absolute atomic E-state index is 0.193. The minimum Gasteiger partial charge on any atom is -0.565 e. The van der Waals surface area contributed by atoms with Crippen molar-refractivity contribution in [1.29, 1.82) is 0 Å². The quantitative estimate of drug-likeness (QED) is 0.864. The first-order valence-corrected chi connectivity index (χ1v) is 7.19. The van der Waals surface area contributed by atoms with Crippen LogP contribution in [0.15, 0.2) is 18.2 Å². The smallest absolute Gasteiger partial charge is 0.416 e. The van der Waals surface area contributed by atoms with E-state index in [0.717, 1.165) is 12.4 Å². The highest BCUT2D eigenvalue weighted by molar-refractivity contribution is 5.67. The zero-order chi connectivity index (χ0) is 17.9. The Morgan fingerprint density at radius 1 is 1.30 bits per heavy atom. The van der Waals surface area contributed by atoms with Crippen LogP contribution >= 0.6 is 0 Å². The maximum absolute atomic E-state index is 12.8. The van der Waals surface area contributed by atoms with Crippen molar-refractivity contribution in [1.82, 2.24) is 0 Å². The Labute approximate surface area is 132 Å². The number of rotatable bonds is 2. The molecule has 1 atom stereocenters. The number of hydrogen-bond acceptors (Lipinski definition) is 3. The van der Waals surface area contributed by atoms with Crippen LogP contribution in [0.1, 0.15) is 33.3 Å². The maximum Gasteiger partial charge on any atom is 0.416 e. The number of alkyl halides is 3. The number of nitrogens with one attached hydrogen (secondary N) is 1. The number of fused-ring (bicyclic) bond motifs is 1. The third kappa shape index (κ3) is 4.75. The average Bonchev–Trinajstić information content (AvgIpc) is 2.75. The van der Waals surface area contributed by atoms with Crippen molar-refractivity contribution >= 4 is 17.5 Å². The van der Waals surface area contributed by atoms with Crippen LogP contribution in [0.4, 0.5) is 29.3 Å². The fourth-order valence-corrected chi connectivity index (χ4v) is 2.53. The second kappa shape index (κ2) is 7.08. The first-order valence-electron chi connectivity index (χ1n) is 7.19. The van der Waals surface area contributed by atoms with Gasteiger partial charge >= 0.3 is 6.18 Å². The van der Waals surface area contributed by atoms with E-state index in [1.165, 1.54) is 17.0 Å².